The normalized spacial score (nSPS) is 11.5. The van der Waals surface area contributed by atoms with Crippen molar-refractivity contribution in [1.82, 2.24) is 14.1 Å². The van der Waals surface area contributed by atoms with Gasteiger partial charge in [0.2, 0.25) is 0 Å². The van der Waals surface area contributed by atoms with E-state index in [1.54, 1.807) is 0 Å². The second-order valence-electron chi connectivity index (χ2n) is 17.6. The first-order valence-electron chi connectivity index (χ1n) is 23.5. The van der Waals surface area contributed by atoms with Crippen LogP contribution in [0.15, 0.2) is 267 Å². The lowest BCUT2D eigenvalue weighted by molar-refractivity contribution is 1.16. The van der Waals surface area contributed by atoms with Gasteiger partial charge < -0.3 is 14.0 Å². The van der Waals surface area contributed by atoms with Gasteiger partial charge in [0.25, 0.3) is 0 Å². The minimum absolute atomic E-state index is 0.943. The molecule has 0 amide bonds. The van der Waals surface area contributed by atoms with Crippen molar-refractivity contribution in [3.05, 3.63) is 267 Å². The Bertz CT molecular complexity index is 3870. The topological polar surface area (TPSA) is 26.0 Å². The van der Waals surface area contributed by atoms with Gasteiger partial charge in [0.15, 0.2) is 0 Å². The first kappa shape index (κ1) is 40.1. The Labute approximate surface area is 400 Å². The van der Waals surface area contributed by atoms with Gasteiger partial charge in [-0.15, -0.1) is 0 Å². The fourth-order valence-electron chi connectivity index (χ4n) is 10.2. The van der Waals surface area contributed by atoms with Gasteiger partial charge in [-0.2, -0.15) is 0 Å². The second kappa shape index (κ2) is 16.9. The SMILES string of the molecule is c1ccc(-c2cc(-n3c4ccccc4c4cc(-c5ccc6c(c5)c5ccccc5n6-c5ccc(-c6ccc(N(c7ccccc7)c7ccccc7)cc6)cc5)ccc43)cc(-c3ccccc3)n2)cc1. The van der Waals surface area contributed by atoms with Crippen LogP contribution in [-0.4, -0.2) is 14.1 Å². The highest BCUT2D eigenvalue weighted by molar-refractivity contribution is 6.13. The Morgan fingerprint density at radius 1 is 0.246 bits per heavy atom. The molecule has 0 atom stereocenters. The van der Waals surface area contributed by atoms with E-state index in [4.69, 9.17) is 4.98 Å². The molecular weight excluding hydrogens is 837 g/mol. The number of nitrogens with zero attached hydrogens (tertiary/aromatic N) is 4. The molecule has 4 heteroatoms. The summed E-state index contributed by atoms with van der Waals surface area (Å²) in [6.07, 6.45) is 0. The fourth-order valence-corrected chi connectivity index (χ4v) is 10.2. The largest absolute Gasteiger partial charge is 0.311 e. The van der Waals surface area contributed by atoms with E-state index in [1.807, 2.05) is 0 Å². The molecule has 0 aliphatic heterocycles. The predicted molar refractivity (Wildman–Crippen MR) is 289 cm³/mol. The molecule has 13 aromatic rings. The number of rotatable bonds is 9. The molecule has 0 aliphatic carbocycles. The van der Waals surface area contributed by atoms with Gasteiger partial charge in [0.05, 0.1) is 39.1 Å². The van der Waals surface area contributed by atoms with Crippen LogP contribution >= 0.6 is 0 Å². The molecule has 0 saturated heterocycles. The minimum atomic E-state index is 0.943. The van der Waals surface area contributed by atoms with E-state index >= 15 is 0 Å². The molecule has 0 aliphatic rings. The van der Waals surface area contributed by atoms with Gasteiger partial charge >= 0.3 is 0 Å². The Morgan fingerprint density at radius 3 is 1.09 bits per heavy atom. The van der Waals surface area contributed by atoms with E-state index < -0.39 is 0 Å². The average Bonchev–Trinajstić information content (AvgIpc) is 3.94. The average molecular weight is 881 g/mol. The van der Waals surface area contributed by atoms with E-state index in [9.17, 15) is 0 Å². The predicted octanol–water partition coefficient (Wildman–Crippen LogP) is 17.4. The minimum Gasteiger partial charge on any atom is -0.311 e. The van der Waals surface area contributed by atoms with E-state index in [-0.39, 0.29) is 0 Å². The number of aromatic nitrogens is 3. The summed E-state index contributed by atoms with van der Waals surface area (Å²) >= 11 is 0. The third-order valence-corrected chi connectivity index (χ3v) is 13.5. The smallest absolute Gasteiger partial charge is 0.0730 e. The molecule has 3 aromatic heterocycles. The third-order valence-electron chi connectivity index (χ3n) is 13.5. The highest BCUT2D eigenvalue weighted by Gasteiger charge is 2.19. The number of benzene rings is 10. The van der Waals surface area contributed by atoms with Crippen LogP contribution in [0.3, 0.4) is 0 Å². The Balaban J connectivity index is 0.863. The van der Waals surface area contributed by atoms with Crippen molar-refractivity contribution in [1.29, 1.82) is 0 Å². The van der Waals surface area contributed by atoms with Gasteiger partial charge in [-0.1, -0.05) is 170 Å². The summed E-state index contributed by atoms with van der Waals surface area (Å²) in [6.45, 7) is 0. The number of hydrogen-bond donors (Lipinski definition) is 0. The molecule has 3 heterocycles. The quantitative estimate of drug-likeness (QED) is 0.144. The molecule has 10 aromatic carbocycles. The van der Waals surface area contributed by atoms with Crippen molar-refractivity contribution >= 4 is 60.7 Å². The molecule has 0 radical (unpaired) electrons. The van der Waals surface area contributed by atoms with E-state index in [1.165, 1.54) is 54.8 Å². The maximum absolute atomic E-state index is 5.19. The summed E-state index contributed by atoms with van der Waals surface area (Å²) in [4.78, 5) is 7.48. The number of pyridine rings is 1. The van der Waals surface area contributed by atoms with Crippen molar-refractivity contribution in [3.63, 3.8) is 0 Å². The number of fused-ring (bicyclic) bond motifs is 6. The van der Waals surface area contributed by atoms with Crippen LogP contribution in [0.25, 0.3) is 99.8 Å². The molecule has 0 N–H and O–H groups in total. The fraction of sp³-hybridized carbons (Fsp3) is 0. The van der Waals surface area contributed by atoms with E-state index in [0.717, 1.165) is 62.0 Å². The lowest BCUT2D eigenvalue weighted by atomic mass is 10.0. The van der Waals surface area contributed by atoms with Crippen molar-refractivity contribution in [2.75, 3.05) is 4.90 Å². The van der Waals surface area contributed by atoms with Crippen LogP contribution in [0.4, 0.5) is 17.1 Å². The Kier molecular flexibility index (Phi) is 9.80. The lowest BCUT2D eigenvalue weighted by Crippen LogP contribution is -2.09. The molecule has 69 heavy (non-hydrogen) atoms. The monoisotopic (exact) mass is 880 g/mol. The Hall–Kier alpha value is -9.25. The maximum Gasteiger partial charge on any atom is 0.0730 e. The summed E-state index contributed by atoms with van der Waals surface area (Å²) in [5, 5.41) is 4.89. The van der Waals surface area contributed by atoms with Crippen LogP contribution in [0.1, 0.15) is 0 Å². The van der Waals surface area contributed by atoms with Crippen LogP contribution < -0.4 is 4.90 Å². The van der Waals surface area contributed by atoms with Gasteiger partial charge in [-0.05, 0) is 119 Å². The van der Waals surface area contributed by atoms with E-state index in [0.29, 0.717) is 0 Å². The molecule has 0 spiro atoms. The number of anilines is 3. The zero-order chi connectivity index (χ0) is 45.7. The molecular formula is C65H44N4. The summed E-state index contributed by atoms with van der Waals surface area (Å²) in [6, 6.07) is 95.8. The molecule has 324 valence electrons. The third kappa shape index (κ3) is 7.14. The van der Waals surface area contributed by atoms with Gasteiger partial charge in [-0.25, -0.2) is 4.98 Å². The van der Waals surface area contributed by atoms with Crippen LogP contribution in [0.5, 0.6) is 0 Å². The maximum atomic E-state index is 5.19. The highest BCUT2D eigenvalue weighted by atomic mass is 15.1. The van der Waals surface area contributed by atoms with Gasteiger partial charge in [0.1, 0.15) is 0 Å². The zero-order valence-electron chi connectivity index (χ0n) is 37.7. The first-order chi connectivity index (χ1) is 34.2. The Morgan fingerprint density at radius 2 is 0.609 bits per heavy atom. The second-order valence-corrected chi connectivity index (χ2v) is 17.6. The van der Waals surface area contributed by atoms with Crippen molar-refractivity contribution in [2.24, 2.45) is 0 Å². The molecule has 0 saturated carbocycles. The lowest BCUT2D eigenvalue weighted by Gasteiger charge is -2.25. The standard InChI is InChI=1S/C65H44N4/c1-5-17-47(18-6-1)60-43-55(44-61(66-60)48-19-7-2-8-20-48)69-63-28-16-14-26-57(63)59-42-50(34-40-65(59)69)49-33-39-64-58(41-49)56-25-13-15-27-62(56)68(64)54-37-31-46(32-38-54)45-29-35-53(36-30-45)67(51-21-9-3-10-22-51)52-23-11-4-12-24-52/h1-44H. The van der Waals surface area contributed by atoms with Crippen molar-refractivity contribution in [2.45, 2.75) is 0 Å². The van der Waals surface area contributed by atoms with Gasteiger partial charge in [-0.3, -0.25) is 0 Å². The summed E-state index contributed by atoms with van der Waals surface area (Å²) < 4.78 is 4.80. The molecule has 0 fully saturated rings. The molecule has 0 unspecified atom stereocenters. The number of para-hydroxylation sites is 4. The first-order valence-corrected chi connectivity index (χ1v) is 23.5. The van der Waals surface area contributed by atoms with Crippen molar-refractivity contribution in [3.8, 4) is 56.1 Å². The summed E-state index contributed by atoms with van der Waals surface area (Å²) in [7, 11) is 0. The van der Waals surface area contributed by atoms with Crippen LogP contribution in [0, 0.1) is 0 Å². The van der Waals surface area contributed by atoms with Gasteiger partial charge in [0, 0.05) is 55.4 Å². The van der Waals surface area contributed by atoms with Crippen molar-refractivity contribution < 1.29 is 0 Å². The summed E-state index contributed by atoms with van der Waals surface area (Å²) in [5.41, 5.74) is 19.0. The van der Waals surface area contributed by atoms with Crippen LogP contribution in [-0.2, 0) is 0 Å². The van der Waals surface area contributed by atoms with E-state index in [2.05, 4.69) is 281 Å². The summed E-state index contributed by atoms with van der Waals surface area (Å²) in [5.74, 6) is 0. The van der Waals surface area contributed by atoms with Crippen LogP contribution in [0.2, 0.25) is 0 Å². The highest BCUT2D eigenvalue weighted by Crippen LogP contribution is 2.40. The molecule has 4 nitrogen and oxygen atoms in total. The molecule has 13 rings (SSSR count). The zero-order valence-corrected chi connectivity index (χ0v) is 37.7. The number of hydrogen-bond acceptors (Lipinski definition) is 2. The molecule has 0 bridgehead atoms.